The number of ketones is 1. The number of hydrogen-bond acceptors (Lipinski definition) is 1. The van der Waals surface area contributed by atoms with Crippen LogP contribution in [0.1, 0.15) is 79.1 Å². The highest BCUT2D eigenvalue weighted by Crippen LogP contribution is 2.67. The van der Waals surface area contributed by atoms with Gasteiger partial charge < -0.3 is 0 Å². The fraction of sp³-hybridized carbons (Fsp3) is 0.864. The normalized spacial score (nSPS) is 52.2. The summed E-state index contributed by atoms with van der Waals surface area (Å²) in [7, 11) is 0. The van der Waals surface area contributed by atoms with Crippen LogP contribution in [0.5, 0.6) is 0 Å². The van der Waals surface area contributed by atoms with Crippen molar-refractivity contribution in [2.45, 2.75) is 79.1 Å². The summed E-state index contributed by atoms with van der Waals surface area (Å²) in [6.07, 6.45) is 13.5. The van der Waals surface area contributed by atoms with Gasteiger partial charge in [-0.2, -0.15) is 0 Å². The number of Topliss-reactive ketones (excluding diaryl/α,β-unsaturated/α-hetero) is 1. The van der Waals surface area contributed by atoms with Gasteiger partial charge in [0.1, 0.15) is 5.78 Å². The second-order valence-corrected chi connectivity index (χ2v) is 9.81. The largest absolute Gasteiger partial charge is 0.300 e. The van der Waals surface area contributed by atoms with Gasteiger partial charge in [0.05, 0.1) is 0 Å². The van der Waals surface area contributed by atoms with Crippen LogP contribution in [0.25, 0.3) is 0 Å². The summed E-state index contributed by atoms with van der Waals surface area (Å²) in [5.41, 5.74) is 2.56. The lowest BCUT2D eigenvalue weighted by Gasteiger charge is -2.57. The second-order valence-electron chi connectivity index (χ2n) is 9.81. The molecular weight excluding hydrogens is 280 g/mol. The first-order chi connectivity index (χ1) is 10.9. The Morgan fingerprint density at radius 3 is 2.70 bits per heavy atom. The number of rotatable bonds is 1. The Labute approximate surface area is 142 Å². The molecule has 4 aliphatic carbocycles. The maximum atomic E-state index is 12.4. The van der Waals surface area contributed by atoms with Crippen LogP contribution in [-0.4, -0.2) is 5.78 Å². The Kier molecular flexibility index (Phi) is 3.60. The summed E-state index contributed by atoms with van der Waals surface area (Å²) in [5.74, 6) is 3.87. The van der Waals surface area contributed by atoms with Gasteiger partial charge in [0, 0.05) is 5.92 Å². The molecule has 0 aliphatic heterocycles. The van der Waals surface area contributed by atoms with Crippen LogP contribution in [0, 0.1) is 40.4 Å². The average molecular weight is 315 g/mol. The lowest BCUT2D eigenvalue weighted by atomic mass is 9.47. The molecule has 0 unspecified atom stereocenters. The van der Waals surface area contributed by atoms with E-state index in [2.05, 4.69) is 26.8 Å². The van der Waals surface area contributed by atoms with Gasteiger partial charge in [-0.15, -0.1) is 0 Å². The third-order valence-electron chi connectivity index (χ3n) is 8.80. The summed E-state index contributed by atoms with van der Waals surface area (Å²) < 4.78 is 0. The van der Waals surface area contributed by atoms with Gasteiger partial charge in [0.15, 0.2) is 0 Å². The van der Waals surface area contributed by atoms with Gasteiger partial charge in [0.25, 0.3) is 0 Å². The summed E-state index contributed by atoms with van der Waals surface area (Å²) in [5, 5.41) is 0. The lowest BCUT2D eigenvalue weighted by molar-refractivity contribution is -0.128. The topological polar surface area (TPSA) is 17.1 Å². The molecule has 0 aromatic heterocycles. The molecule has 0 heterocycles. The molecule has 4 rings (SSSR count). The van der Waals surface area contributed by atoms with Gasteiger partial charge in [-0.3, -0.25) is 4.79 Å². The van der Waals surface area contributed by atoms with E-state index in [1.807, 2.05) is 6.92 Å². The van der Waals surface area contributed by atoms with Crippen molar-refractivity contribution >= 4 is 5.78 Å². The molecule has 0 amide bonds. The SMILES string of the molecule is CC(=O)[C@H]1[C@@H](C)C[C@H]2[C@@H]3CC=C4CCCC[C@]4(C)[C@H]3CC[C@@]21C. The predicted molar refractivity (Wildman–Crippen MR) is 95.0 cm³/mol. The first-order valence-electron chi connectivity index (χ1n) is 10.1. The highest BCUT2D eigenvalue weighted by molar-refractivity contribution is 5.80. The Balaban J connectivity index is 1.70. The maximum absolute atomic E-state index is 12.4. The molecule has 1 heteroatoms. The van der Waals surface area contributed by atoms with Crippen LogP contribution in [0.2, 0.25) is 0 Å². The number of allylic oxidation sites excluding steroid dienone is 2. The molecule has 7 atom stereocenters. The van der Waals surface area contributed by atoms with Crippen molar-refractivity contribution in [1.82, 2.24) is 0 Å². The van der Waals surface area contributed by atoms with Crippen molar-refractivity contribution in [1.29, 1.82) is 0 Å². The van der Waals surface area contributed by atoms with E-state index in [9.17, 15) is 4.79 Å². The Morgan fingerprint density at radius 2 is 1.96 bits per heavy atom. The van der Waals surface area contributed by atoms with Gasteiger partial charge in [0.2, 0.25) is 0 Å². The van der Waals surface area contributed by atoms with Crippen molar-refractivity contribution in [2.24, 2.45) is 40.4 Å². The Bertz CT molecular complexity index is 546. The summed E-state index contributed by atoms with van der Waals surface area (Å²) >= 11 is 0. The highest BCUT2D eigenvalue weighted by atomic mass is 16.1. The maximum Gasteiger partial charge on any atom is 0.133 e. The zero-order chi connectivity index (χ0) is 16.4. The van der Waals surface area contributed by atoms with Crippen LogP contribution >= 0.6 is 0 Å². The van der Waals surface area contributed by atoms with Crippen LogP contribution in [0.15, 0.2) is 11.6 Å². The smallest absolute Gasteiger partial charge is 0.133 e. The highest BCUT2D eigenvalue weighted by Gasteiger charge is 2.60. The predicted octanol–water partition coefficient (Wildman–Crippen LogP) is 5.79. The van der Waals surface area contributed by atoms with E-state index in [1.54, 1.807) is 5.57 Å². The van der Waals surface area contributed by atoms with E-state index in [0.717, 1.165) is 17.8 Å². The van der Waals surface area contributed by atoms with Crippen LogP contribution in [0.3, 0.4) is 0 Å². The minimum atomic E-state index is 0.281. The molecule has 4 aliphatic rings. The molecule has 0 bridgehead atoms. The van der Waals surface area contributed by atoms with Crippen molar-refractivity contribution < 1.29 is 4.79 Å². The minimum Gasteiger partial charge on any atom is -0.300 e. The fourth-order valence-corrected chi connectivity index (χ4v) is 7.93. The van der Waals surface area contributed by atoms with Crippen molar-refractivity contribution in [3.05, 3.63) is 11.6 Å². The van der Waals surface area contributed by atoms with Crippen LogP contribution < -0.4 is 0 Å². The quantitative estimate of drug-likeness (QED) is 0.560. The van der Waals surface area contributed by atoms with Gasteiger partial charge in [-0.05, 0) is 86.4 Å². The molecule has 0 saturated heterocycles. The summed E-state index contributed by atoms with van der Waals surface area (Å²) in [4.78, 5) is 12.4. The number of carbonyl (C=O) groups excluding carboxylic acids is 1. The molecule has 0 spiro atoms. The standard InChI is InChI=1S/C22H34O/c1-14-13-19-17-9-8-16-7-5-6-11-21(16,3)18(17)10-12-22(19,4)20(14)15(2)23/h8,14,17-20H,5-7,9-13H2,1-4H3/t14-,17+,18-,19-,20+,21-,22-/m0/s1. The minimum absolute atomic E-state index is 0.281. The van der Waals surface area contributed by atoms with E-state index < -0.39 is 0 Å². The second kappa shape index (κ2) is 5.20. The molecular formula is C22H34O. The van der Waals surface area contributed by atoms with E-state index in [0.29, 0.717) is 23.0 Å². The monoisotopic (exact) mass is 314 g/mol. The van der Waals surface area contributed by atoms with Crippen molar-refractivity contribution in [2.75, 3.05) is 0 Å². The fourth-order valence-electron chi connectivity index (χ4n) is 7.93. The van der Waals surface area contributed by atoms with Crippen molar-refractivity contribution in [3.8, 4) is 0 Å². The summed E-state index contributed by atoms with van der Waals surface area (Å²) in [6, 6.07) is 0. The third kappa shape index (κ3) is 2.07. The zero-order valence-corrected chi connectivity index (χ0v) is 15.5. The average Bonchev–Trinajstić information content (AvgIpc) is 2.77. The number of hydrogen-bond donors (Lipinski definition) is 0. The lowest BCUT2D eigenvalue weighted by Crippen LogP contribution is -2.50. The molecule has 0 N–H and O–H groups in total. The Morgan fingerprint density at radius 1 is 1.17 bits per heavy atom. The zero-order valence-electron chi connectivity index (χ0n) is 15.5. The molecule has 23 heavy (non-hydrogen) atoms. The van der Waals surface area contributed by atoms with E-state index in [-0.39, 0.29) is 5.41 Å². The summed E-state index contributed by atoms with van der Waals surface area (Å²) in [6.45, 7) is 9.24. The first-order valence-corrected chi connectivity index (χ1v) is 10.1. The first kappa shape index (κ1) is 15.9. The van der Waals surface area contributed by atoms with Crippen molar-refractivity contribution in [3.63, 3.8) is 0 Å². The van der Waals surface area contributed by atoms with Crippen LogP contribution in [0.4, 0.5) is 0 Å². The molecule has 0 aromatic rings. The van der Waals surface area contributed by atoms with E-state index >= 15 is 0 Å². The van der Waals surface area contributed by atoms with Gasteiger partial charge in [-0.25, -0.2) is 0 Å². The van der Waals surface area contributed by atoms with E-state index in [1.165, 1.54) is 51.4 Å². The molecule has 0 radical (unpaired) electrons. The molecule has 3 saturated carbocycles. The molecule has 1 nitrogen and oxygen atoms in total. The number of carbonyl (C=O) groups is 1. The Hall–Kier alpha value is -0.590. The van der Waals surface area contributed by atoms with E-state index in [4.69, 9.17) is 0 Å². The van der Waals surface area contributed by atoms with Gasteiger partial charge in [-0.1, -0.05) is 38.8 Å². The molecule has 3 fully saturated rings. The van der Waals surface area contributed by atoms with Crippen LogP contribution in [-0.2, 0) is 4.79 Å². The third-order valence-corrected chi connectivity index (χ3v) is 8.80. The molecule has 0 aromatic carbocycles. The van der Waals surface area contributed by atoms with Gasteiger partial charge >= 0.3 is 0 Å². The number of fused-ring (bicyclic) bond motifs is 5. The molecule has 128 valence electrons.